The van der Waals surface area contributed by atoms with Crippen molar-refractivity contribution in [2.24, 2.45) is 0 Å². The molecule has 0 aliphatic heterocycles. The van der Waals surface area contributed by atoms with Gasteiger partial charge in [0.05, 0.1) is 0 Å². The number of hydrogen-bond acceptors (Lipinski definition) is 1. The Balaban J connectivity index is 3.21. The van der Waals surface area contributed by atoms with Crippen molar-refractivity contribution in [3.05, 3.63) is 34.6 Å². The molecular formula is C10H7ClF5NO. The summed E-state index contributed by atoms with van der Waals surface area (Å²) in [6.45, 7) is 1.29. The number of benzene rings is 1. The minimum absolute atomic E-state index is 0.181. The number of alkyl halides is 1. The number of halogens is 6. The Kier molecular flexibility index (Phi) is 4.50. The van der Waals surface area contributed by atoms with Gasteiger partial charge < -0.3 is 5.32 Å². The summed E-state index contributed by atoms with van der Waals surface area (Å²) in [5.74, 6) is -12.4. The summed E-state index contributed by atoms with van der Waals surface area (Å²) in [7, 11) is 0. The first-order valence-electron chi connectivity index (χ1n) is 4.71. The highest BCUT2D eigenvalue weighted by atomic mass is 35.5. The summed E-state index contributed by atoms with van der Waals surface area (Å²) in [4.78, 5) is 11.3. The molecular weight excluding hydrogens is 281 g/mol. The summed E-state index contributed by atoms with van der Waals surface area (Å²) in [5, 5.41) is 1.39. The van der Waals surface area contributed by atoms with Crippen molar-refractivity contribution in [3.63, 3.8) is 0 Å². The zero-order valence-corrected chi connectivity index (χ0v) is 9.72. The molecule has 100 valence electrons. The highest BCUT2D eigenvalue weighted by molar-refractivity contribution is 6.20. The van der Waals surface area contributed by atoms with E-state index in [0.717, 1.165) is 0 Å². The predicted molar refractivity (Wildman–Crippen MR) is 53.9 cm³/mol. The van der Waals surface area contributed by atoms with E-state index in [9.17, 15) is 26.7 Å². The lowest BCUT2D eigenvalue weighted by Gasteiger charge is -2.09. The number of rotatable bonds is 3. The molecule has 1 unspecified atom stereocenters. The lowest BCUT2D eigenvalue weighted by molar-refractivity contribution is 0.0942. The van der Waals surface area contributed by atoms with Gasteiger partial charge in [0.25, 0.3) is 5.91 Å². The molecule has 0 aliphatic rings. The third-order valence-corrected chi connectivity index (χ3v) is 2.14. The molecule has 18 heavy (non-hydrogen) atoms. The van der Waals surface area contributed by atoms with Crippen LogP contribution in [-0.2, 0) is 0 Å². The second-order valence-electron chi connectivity index (χ2n) is 3.44. The highest BCUT2D eigenvalue weighted by Crippen LogP contribution is 2.22. The molecule has 0 saturated carbocycles. The smallest absolute Gasteiger partial charge is 0.257 e. The summed E-state index contributed by atoms with van der Waals surface area (Å²) in [5.41, 5.74) is -1.52. The topological polar surface area (TPSA) is 29.1 Å². The fraction of sp³-hybridized carbons (Fsp3) is 0.300. The number of amides is 1. The average Bonchev–Trinajstić information content (AvgIpc) is 2.31. The molecule has 0 aromatic heterocycles. The third kappa shape index (κ3) is 2.72. The lowest BCUT2D eigenvalue weighted by Crippen LogP contribution is -2.31. The van der Waals surface area contributed by atoms with Crippen LogP contribution in [0.25, 0.3) is 0 Å². The second kappa shape index (κ2) is 5.51. The summed E-state index contributed by atoms with van der Waals surface area (Å²) in [6.07, 6.45) is 0. The largest absolute Gasteiger partial charge is 0.350 e. The van der Waals surface area contributed by atoms with Crippen LogP contribution in [0.5, 0.6) is 0 Å². The van der Waals surface area contributed by atoms with E-state index in [0.29, 0.717) is 0 Å². The van der Waals surface area contributed by atoms with Gasteiger partial charge in [-0.3, -0.25) is 4.79 Å². The molecule has 8 heteroatoms. The molecule has 0 heterocycles. The van der Waals surface area contributed by atoms with Crippen molar-refractivity contribution in [1.82, 2.24) is 5.32 Å². The van der Waals surface area contributed by atoms with E-state index in [-0.39, 0.29) is 6.54 Å². The van der Waals surface area contributed by atoms with Gasteiger partial charge in [0, 0.05) is 11.9 Å². The van der Waals surface area contributed by atoms with Gasteiger partial charge in [-0.2, -0.15) is 0 Å². The molecule has 0 aliphatic carbocycles. The minimum Gasteiger partial charge on any atom is -0.350 e. The fourth-order valence-electron chi connectivity index (χ4n) is 1.13. The number of carbonyl (C=O) groups excluding carboxylic acids is 1. The van der Waals surface area contributed by atoms with Gasteiger partial charge in [0.1, 0.15) is 5.56 Å². The van der Waals surface area contributed by atoms with Gasteiger partial charge in [-0.05, 0) is 6.92 Å². The van der Waals surface area contributed by atoms with Crippen LogP contribution in [0.15, 0.2) is 0 Å². The van der Waals surface area contributed by atoms with Gasteiger partial charge in [0.15, 0.2) is 23.3 Å². The molecule has 1 rings (SSSR count). The molecule has 1 aromatic carbocycles. The van der Waals surface area contributed by atoms with Gasteiger partial charge in [0.2, 0.25) is 5.82 Å². The molecule has 0 saturated heterocycles. The highest BCUT2D eigenvalue weighted by Gasteiger charge is 2.29. The first-order valence-corrected chi connectivity index (χ1v) is 5.14. The van der Waals surface area contributed by atoms with Crippen LogP contribution in [0.4, 0.5) is 22.0 Å². The Bertz CT molecular complexity index is 463. The Morgan fingerprint density at radius 2 is 1.44 bits per heavy atom. The molecule has 0 spiro atoms. The Hall–Kier alpha value is -1.37. The summed E-state index contributed by atoms with van der Waals surface area (Å²) in [6, 6.07) is 0. The van der Waals surface area contributed by atoms with Crippen LogP contribution >= 0.6 is 11.6 Å². The van der Waals surface area contributed by atoms with E-state index in [1.165, 1.54) is 6.92 Å². The van der Waals surface area contributed by atoms with E-state index >= 15 is 0 Å². The lowest BCUT2D eigenvalue weighted by atomic mass is 10.1. The van der Waals surface area contributed by atoms with Crippen molar-refractivity contribution < 1.29 is 26.7 Å². The van der Waals surface area contributed by atoms with Crippen LogP contribution in [-0.4, -0.2) is 17.8 Å². The van der Waals surface area contributed by atoms with E-state index in [1.807, 2.05) is 5.32 Å². The van der Waals surface area contributed by atoms with Crippen LogP contribution < -0.4 is 5.32 Å². The zero-order chi connectivity index (χ0) is 14.0. The number of hydrogen-bond donors (Lipinski definition) is 1. The minimum atomic E-state index is -2.31. The first kappa shape index (κ1) is 14.7. The van der Waals surface area contributed by atoms with Gasteiger partial charge >= 0.3 is 0 Å². The van der Waals surface area contributed by atoms with E-state index in [4.69, 9.17) is 11.6 Å². The van der Waals surface area contributed by atoms with Crippen LogP contribution in [0.1, 0.15) is 17.3 Å². The fourth-order valence-corrected chi connectivity index (χ4v) is 1.20. The van der Waals surface area contributed by atoms with Crippen molar-refractivity contribution in [2.75, 3.05) is 6.54 Å². The standard InChI is InChI=1S/C10H7ClF5NO/c1-3(11)2-17-10(18)4-5(12)7(14)9(16)8(15)6(4)13/h3H,2H2,1H3,(H,17,18). The first-order chi connectivity index (χ1) is 8.27. The van der Waals surface area contributed by atoms with Crippen LogP contribution in [0.2, 0.25) is 0 Å². The van der Waals surface area contributed by atoms with Crippen molar-refractivity contribution in [2.45, 2.75) is 12.3 Å². The molecule has 0 bridgehead atoms. The number of nitrogens with one attached hydrogen (secondary N) is 1. The maximum Gasteiger partial charge on any atom is 0.257 e. The monoisotopic (exact) mass is 287 g/mol. The average molecular weight is 288 g/mol. The van der Waals surface area contributed by atoms with E-state index < -0.39 is 45.9 Å². The van der Waals surface area contributed by atoms with E-state index in [2.05, 4.69) is 0 Å². The second-order valence-corrected chi connectivity index (χ2v) is 4.18. The van der Waals surface area contributed by atoms with Gasteiger partial charge in [-0.1, -0.05) is 0 Å². The van der Waals surface area contributed by atoms with Crippen molar-refractivity contribution >= 4 is 17.5 Å². The Morgan fingerprint density at radius 1 is 1.06 bits per heavy atom. The van der Waals surface area contributed by atoms with Gasteiger partial charge in [-0.25, -0.2) is 22.0 Å². The van der Waals surface area contributed by atoms with Crippen molar-refractivity contribution in [3.8, 4) is 0 Å². The third-order valence-electron chi connectivity index (χ3n) is 1.98. The normalized spacial score (nSPS) is 12.4. The molecule has 1 atom stereocenters. The van der Waals surface area contributed by atoms with E-state index in [1.54, 1.807) is 0 Å². The zero-order valence-electron chi connectivity index (χ0n) is 8.96. The molecule has 0 radical (unpaired) electrons. The molecule has 1 N–H and O–H groups in total. The number of carbonyl (C=O) groups is 1. The summed E-state index contributed by atoms with van der Waals surface area (Å²) >= 11 is 5.47. The van der Waals surface area contributed by atoms with Crippen LogP contribution in [0.3, 0.4) is 0 Å². The maximum atomic E-state index is 13.2. The summed E-state index contributed by atoms with van der Waals surface area (Å²) < 4.78 is 64.6. The van der Waals surface area contributed by atoms with Crippen molar-refractivity contribution in [1.29, 1.82) is 0 Å². The molecule has 0 fully saturated rings. The SMILES string of the molecule is CC(Cl)CNC(=O)c1c(F)c(F)c(F)c(F)c1F. The Morgan fingerprint density at radius 3 is 1.83 bits per heavy atom. The van der Waals surface area contributed by atoms with Crippen LogP contribution in [0, 0.1) is 29.1 Å². The molecule has 1 amide bonds. The van der Waals surface area contributed by atoms with Gasteiger partial charge in [-0.15, -0.1) is 11.6 Å². The Labute approximate surface area is 104 Å². The quantitative estimate of drug-likeness (QED) is 0.394. The molecule has 2 nitrogen and oxygen atoms in total. The maximum absolute atomic E-state index is 13.2. The predicted octanol–water partition coefficient (Wildman–Crippen LogP) is 2.74. The molecule has 1 aromatic rings.